The third kappa shape index (κ3) is 2.99. The van der Waals surface area contributed by atoms with Gasteiger partial charge in [0.25, 0.3) is 11.4 Å². The number of nitro benzene ring substituents is 2. The second-order valence-corrected chi connectivity index (χ2v) is 5.71. The molecule has 128 valence electrons. The van der Waals surface area contributed by atoms with E-state index in [1.54, 1.807) is 0 Å². The minimum Gasteiger partial charge on any atom is -0.368 e. The molecule has 25 heavy (non-hydrogen) atoms. The van der Waals surface area contributed by atoms with Crippen LogP contribution < -0.4 is 10.6 Å². The smallest absolute Gasteiger partial charge is 0.299 e. The zero-order valence-electron chi connectivity index (χ0n) is 13.0. The summed E-state index contributed by atoms with van der Waals surface area (Å²) < 4.78 is 0. The summed E-state index contributed by atoms with van der Waals surface area (Å²) in [4.78, 5) is 34.3. The van der Waals surface area contributed by atoms with Crippen LogP contribution >= 0.6 is 0 Å². The van der Waals surface area contributed by atoms with Crippen molar-refractivity contribution in [1.29, 1.82) is 0 Å². The molecular formula is C16H14N4O5. The van der Waals surface area contributed by atoms with Gasteiger partial charge in [0.1, 0.15) is 11.7 Å². The lowest BCUT2D eigenvalue weighted by Crippen LogP contribution is -2.48. The lowest BCUT2D eigenvalue weighted by Gasteiger charge is -2.36. The standard InChI is InChI=1S/C16H14N4O5/c17-16(21)15-7-10-3-1-2-4-11(10)9-18(15)13-6-5-12(19(22)23)8-14(13)20(24)25/h1-6,8,15H,7,9H2,(H2,17,21)/t15-/m0/s1. The summed E-state index contributed by atoms with van der Waals surface area (Å²) >= 11 is 0. The van der Waals surface area contributed by atoms with Gasteiger partial charge >= 0.3 is 0 Å². The van der Waals surface area contributed by atoms with Crippen molar-refractivity contribution in [2.24, 2.45) is 5.73 Å². The Balaban J connectivity index is 2.11. The maximum Gasteiger partial charge on any atom is 0.299 e. The van der Waals surface area contributed by atoms with E-state index >= 15 is 0 Å². The second kappa shape index (κ2) is 6.19. The minimum atomic E-state index is -0.768. The molecular weight excluding hydrogens is 328 g/mol. The molecule has 1 heterocycles. The Kier molecular flexibility index (Phi) is 4.05. The number of carbonyl (C=O) groups is 1. The summed E-state index contributed by atoms with van der Waals surface area (Å²) in [5.74, 6) is -0.609. The summed E-state index contributed by atoms with van der Waals surface area (Å²) in [6, 6.07) is 10.0. The van der Waals surface area contributed by atoms with Gasteiger partial charge in [-0.2, -0.15) is 0 Å². The molecule has 0 spiro atoms. The predicted molar refractivity (Wildman–Crippen MR) is 89.1 cm³/mol. The zero-order valence-corrected chi connectivity index (χ0v) is 13.0. The van der Waals surface area contributed by atoms with Crippen molar-refractivity contribution in [2.75, 3.05) is 4.90 Å². The Bertz CT molecular complexity index is 883. The Hall–Kier alpha value is -3.49. The maximum atomic E-state index is 11.9. The lowest BCUT2D eigenvalue weighted by atomic mass is 9.93. The molecule has 0 fully saturated rings. The van der Waals surface area contributed by atoms with E-state index in [1.165, 1.54) is 17.0 Å². The molecule has 3 rings (SSSR count). The van der Waals surface area contributed by atoms with Crippen molar-refractivity contribution in [2.45, 2.75) is 19.0 Å². The van der Waals surface area contributed by atoms with Gasteiger partial charge in [0.15, 0.2) is 0 Å². The van der Waals surface area contributed by atoms with E-state index in [4.69, 9.17) is 5.73 Å². The molecule has 0 bridgehead atoms. The molecule has 0 saturated heterocycles. The van der Waals surface area contributed by atoms with Crippen LogP contribution in [0, 0.1) is 20.2 Å². The summed E-state index contributed by atoms with van der Waals surface area (Å²) in [5, 5.41) is 22.3. The Morgan fingerprint density at radius 1 is 1.08 bits per heavy atom. The van der Waals surface area contributed by atoms with Gasteiger partial charge in [-0.05, 0) is 17.2 Å². The van der Waals surface area contributed by atoms with Gasteiger partial charge in [-0.1, -0.05) is 24.3 Å². The van der Waals surface area contributed by atoms with E-state index in [-0.39, 0.29) is 17.9 Å². The van der Waals surface area contributed by atoms with E-state index in [0.29, 0.717) is 6.42 Å². The Morgan fingerprint density at radius 2 is 1.76 bits per heavy atom. The first-order valence-electron chi connectivity index (χ1n) is 7.44. The highest BCUT2D eigenvalue weighted by Gasteiger charge is 2.34. The van der Waals surface area contributed by atoms with Crippen molar-refractivity contribution >= 4 is 23.0 Å². The lowest BCUT2D eigenvalue weighted by molar-refractivity contribution is -0.393. The molecule has 9 heteroatoms. The van der Waals surface area contributed by atoms with E-state index < -0.39 is 27.5 Å². The maximum absolute atomic E-state index is 11.9. The predicted octanol–water partition coefficient (Wildman–Crippen LogP) is 1.92. The first kappa shape index (κ1) is 16.4. The molecule has 1 aliphatic heterocycles. The number of amides is 1. The highest BCUT2D eigenvalue weighted by molar-refractivity contribution is 5.86. The van der Waals surface area contributed by atoms with Crippen molar-refractivity contribution < 1.29 is 14.6 Å². The van der Waals surface area contributed by atoms with Crippen LogP contribution in [0.2, 0.25) is 0 Å². The Labute approximate surface area is 142 Å². The topological polar surface area (TPSA) is 133 Å². The normalized spacial score (nSPS) is 16.2. The number of fused-ring (bicyclic) bond motifs is 1. The highest BCUT2D eigenvalue weighted by atomic mass is 16.6. The van der Waals surface area contributed by atoms with Crippen LogP contribution in [-0.2, 0) is 17.8 Å². The molecule has 0 radical (unpaired) electrons. The fraction of sp³-hybridized carbons (Fsp3) is 0.188. The van der Waals surface area contributed by atoms with Crippen molar-refractivity contribution in [3.8, 4) is 0 Å². The third-order valence-corrected chi connectivity index (χ3v) is 4.25. The minimum absolute atomic E-state index is 0.133. The molecule has 0 saturated carbocycles. The number of non-ortho nitro benzene ring substituents is 1. The van der Waals surface area contributed by atoms with Gasteiger partial charge in [0.05, 0.1) is 15.9 Å². The SMILES string of the molecule is NC(=O)[C@@H]1Cc2ccccc2CN1c1ccc([N+](=O)[O-])cc1[N+](=O)[O-]. The van der Waals surface area contributed by atoms with E-state index in [9.17, 15) is 25.0 Å². The number of hydrogen-bond acceptors (Lipinski definition) is 6. The van der Waals surface area contributed by atoms with Gasteiger partial charge in [-0.3, -0.25) is 25.0 Å². The van der Waals surface area contributed by atoms with Gasteiger partial charge < -0.3 is 10.6 Å². The average molecular weight is 342 g/mol. The quantitative estimate of drug-likeness (QED) is 0.666. The molecule has 0 unspecified atom stereocenters. The molecule has 9 nitrogen and oxygen atoms in total. The highest BCUT2D eigenvalue weighted by Crippen LogP contribution is 2.36. The number of nitrogens with two attached hydrogens (primary N) is 1. The van der Waals surface area contributed by atoms with Crippen LogP contribution in [0.15, 0.2) is 42.5 Å². The number of hydrogen-bond donors (Lipinski definition) is 1. The molecule has 1 atom stereocenters. The average Bonchev–Trinajstić information content (AvgIpc) is 2.59. The van der Waals surface area contributed by atoms with Gasteiger partial charge in [-0.15, -0.1) is 0 Å². The summed E-state index contributed by atoms with van der Waals surface area (Å²) in [7, 11) is 0. The van der Waals surface area contributed by atoms with Crippen LogP contribution in [0.3, 0.4) is 0 Å². The summed E-state index contributed by atoms with van der Waals surface area (Å²) in [6.07, 6.45) is 0.319. The van der Waals surface area contributed by atoms with Crippen molar-refractivity contribution in [3.05, 3.63) is 73.8 Å². The zero-order chi connectivity index (χ0) is 18.1. The molecule has 1 aliphatic rings. The molecule has 2 aromatic carbocycles. The van der Waals surface area contributed by atoms with Crippen LogP contribution in [0.1, 0.15) is 11.1 Å². The molecule has 0 aromatic heterocycles. The van der Waals surface area contributed by atoms with Crippen LogP contribution in [-0.4, -0.2) is 21.8 Å². The Morgan fingerprint density at radius 3 is 2.36 bits per heavy atom. The van der Waals surface area contributed by atoms with Crippen LogP contribution in [0.25, 0.3) is 0 Å². The van der Waals surface area contributed by atoms with Gasteiger partial charge in [-0.25, -0.2) is 0 Å². The number of carbonyl (C=O) groups excluding carboxylic acids is 1. The number of nitro groups is 2. The first-order chi connectivity index (χ1) is 11.9. The number of anilines is 1. The largest absolute Gasteiger partial charge is 0.368 e. The first-order valence-corrected chi connectivity index (χ1v) is 7.44. The van der Waals surface area contributed by atoms with Gasteiger partial charge in [0, 0.05) is 19.0 Å². The number of nitrogens with zero attached hydrogens (tertiary/aromatic N) is 3. The van der Waals surface area contributed by atoms with E-state index in [0.717, 1.165) is 17.2 Å². The van der Waals surface area contributed by atoms with Crippen molar-refractivity contribution in [3.63, 3.8) is 0 Å². The fourth-order valence-electron chi connectivity index (χ4n) is 3.04. The molecule has 2 N–H and O–H groups in total. The number of primary amides is 1. The van der Waals surface area contributed by atoms with Crippen molar-refractivity contribution in [1.82, 2.24) is 0 Å². The summed E-state index contributed by atoms with van der Waals surface area (Å²) in [6.45, 7) is 0.252. The number of rotatable bonds is 4. The molecule has 1 amide bonds. The summed E-state index contributed by atoms with van der Waals surface area (Å²) in [5.41, 5.74) is 6.69. The molecule has 0 aliphatic carbocycles. The van der Waals surface area contributed by atoms with Crippen LogP contribution in [0.4, 0.5) is 17.1 Å². The fourth-order valence-corrected chi connectivity index (χ4v) is 3.04. The number of benzene rings is 2. The van der Waals surface area contributed by atoms with E-state index in [1.807, 2.05) is 24.3 Å². The third-order valence-electron chi connectivity index (χ3n) is 4.25. The van der Waals surface area contributed by atoms with Crippen LogP contribution in [0.5, 0.6) is 0 Å². The molecule has 2 aromatic rings. The van der Waals surface area contributed by atoms with Gasteiger partial charge in [0.2, 0.25) is 5.91 Å². The second-order valence-electron chi connectivity index (χ2n) is 5.71. The monoisotopic (exact) mass is 342 g/mol. The van der Waals surface area contributed by atoms with E-state index in [2.05, 4.69) is 0 Å².